The van der Waals surface area contributed by atoms with Crippen molar-refractivity contribution in [1.29, 1.82) is 0 Å². The van der Waals surface area contributed by atoms with Crippen LogP contribution in [0.4, 0.5) is 0 Å². The molecule has 0 atom stereocenters. The number of fused-ring (bicyclic) bond motifs is 1. The van der Waals surface area contributed by atoms with Gasteiger partial charge >= 0.3 is 336 Å². The molecule has 0 heterocycles. The van der Waals surface area contributed by atoms with Crippen LogP contribution < -0.4 is 16.7 Å². The summed E-state index contributed by atoms with van der Waals surface area (Å²) in [6, 6.07) is 33.4. The van der Waals surface area contributed by atoms with E-state index in [-0.39, 0.29) is 36.4 Å². The van der Waals surface area contributed by atoms with Crippen LogP contribution in [0.1, 0.15) is 119 Å². The summed E-state index contributed by atoms with van der Waals surface area (Å²) >= 11 is -0.841. The van der Waals surface area contributed by atoms with E-state index >= 15 is 0 Å². The molecule has 336 valence electrons. The van der Waals surface area contributed by atoms with Crippen LogP contribution in [0.15, 0.2) is 97.1 Å². The molecule has 0 N–H and O–H groups in total. The zero-order valence-corrected chi connectivity index (χ0v) is 40.9. The van der Waals surface area contributed by atoms with Crippen LogP contribution in [-0.4, -0.2) is 57.3 Å². The maximum atomic E-state index is 13.5. The normalized spacial score (nSPS) is 30.5. The number of carbonyl (C=O) groups excluding carboxylic acids is 2. The van der Waals surface area contributed by atoms with Gasteiger partial charge in [0.2, 0.25) is 0 Å². The van der Waals surface area contributed by atoms with Gasteiger partial charge in [0, 0.05) is 0 Å². The molecule has 7 heteroatoms. The first-order valence-electron chi connectivity index (χ1n) is 24.4. The fourth-order valence-corrected chi connectivity index (χ4v) is 15.3. The molecule has 0 aliphatic heterocycles. The minimum absolute atomic E-state index is 0.103. The molecule has 0 radical (unpaired) electrons. The number of hydrogen-bond donors (Lipinski definition) is 0. The third-order valence-electron chi connectivity index (χ3n) is 15.5. The molecular weight excluding hydrogens is 896 g/mol. The molecule has 8 aliphatic rings. The van der Waals surface area contributed by atoms with E-state index in [1.54, 1.807) is 0 Å². The summed E-state index contributed by atoms with van der Waals surface area (Å²) in [5.74, 6) is 5.94. The molecule has 0 unspecified atom stereocenters. The van der Waals surface area contributed by atoms with E-state index in [0.29, 0.717) is 35.2 Å². The summed E-state index contributed by atoms with van der Waals surface area (Å²) in [5, 5.41) is 0. The number of ether oxygens (including phenoxy) is 4. The Balaban J connectivity index is 0.00000105. The Morgan fingerprint density at radius 2 is 0.873 bits per heavy atom. The minimum atomic E-state index is -0.841. The van der Waals surface area contributed by atoms with Crippen molar-refractivity contribution in [2.75, 3.05) is 13.2 Å². The van der Waals surface area contributed by atoms with Crippen molar-refractivity contribution >= 4 is 40.1 Å². The van der Waals surface area contributed by atoms with E-state index in [1.165, 1.54) is 84.3 Å². The SMILES string of the molecule is CC.CC1(OC(=O)COc2ccc([Te]c3ccc(OCC(=O)OC4(C)C5CC6CC(C5)CC4C6)c(-c4ccccc4)c3)cc2-c2ccccc2)C2CC3CCC(C2)CC1C3.CCC. The van der Waals surface area contributed by atoms with Crippen LogP contribution >= 0.6 is 0 Å². The summed E-state index contributed by atoms with van der Waals surface area (Å²) in [6.07, 6.45) is 14.9. The molecular formula is C56H70O6Te. The number of carbonyl (C=O) groups is 2. The van der Waals surface area contributed by atoms with Crippen molar-refractivity contribution in [3.8, 4) is 33.8 Å². The summed E-state index contributed by atoms with van der Waals surface area (Å²) in [5.41, 5.74) is 3.29. The fourth-order valence-electron chi connectivity index (χ4n) is 12.7. The van der Waals surface area contributed by atoms with Gasteiger partial charge in [-0.15, -0.1) is 0 Å². The number of esters is 2. The Morgan fingerprint density at radius 1 is 0.524 bits per heavy atom. The Hall–Kier alpha value is -3.79. The fraction of sp³-hybridized carbons (Fsp3) is 0.536. The predicted molar refractivity (Wildman–Crippen MR) is 255 cm³/mol. The molecule has 12 rings (SSSR count). The van der Waals surface area contributed by atoms with E-state index in [1.807, 2.05) is 62.4 Å². The number of hydrogen-bond acceptors (Lipinski definition) is 6. The van der Waals surface area contributed by atoms with Gasteiger partial charge in [0.15, 0.2) is 0 Å². The molecule has 6 nitrogen and oxygen atoms in total. The Kier molecular flexibility index (Phi) is 14.6. The Labute approximate surface area is 387 Å². The van der Waals surface area contributed by atoms with Gasteiger partial charge in [-0.25, -0.2) is 0 Å². The van der Waals surface area contributed by atoms with E-state index < -0.39 is 20.9 Å². The first-order chi connectivity index (χ1) is 30.6. The second-order valence-electron chi connectivity index (χ2n) is 19.7. The van der Waals surface area contributed by atoms with Crippen molar-refractivity contribution in [3.63, 3.8) is 0 Å². The van der Waals surface area contributed by atoms with Gasteiger partial charge in [0.25, 0.3) is 0 Å². The minimum Gasteiger partial charge on any atom is -0.0656 e. The number of rotatable bonds is 12. The van der Waals surface area contributed by atoms with Crippen molar-refractivity contribution in [2.45, 2.75) is 130 Å². The first kappa shape index (κ1) is 45.8. The van der Waals surface area contributed by atoms with E-state index in [0.717, 1.165) is 45.9 Å². The summed E-state index contributed by atoms with van der Waals surface area (Å²) in [4.78, 5) is 26.9. The standard InChI is InChI=1S/C51H56O6Te.C3H8.C2H6/c1-50(38-20-32-13-14-33(22-38)23-39(50)21-32)56-48(52)30-54-46-17-15-42(28-44(46)36-9-5-3-6-10-36)58-43-16-18-47(45(29-43)37-11-7-4-8-12-37)55-31-49(53)57-51(2)40-24-34-19-35(26-40)27-41(51)25-34;1-3-2;1-2/h3-12,15-18,28-29,32-35,38-41H,13-14,19-27,30-31H2,1-2H3;3H2,1-2H3;1-2H3. The smallest absolute Gasteiger partial charge is 0.0590 e. The monoisotopic (exact) mass is 968 g/mol. The van der Waals surface area contributed by atoms with Crippen LogP contribution in [0.2, 0.25) is 0 Å². The zero-order valence-electron chi connectivity index (χ0n) is 38.6. The third-order valence-corrected chi connectivity index (χ3v) is 18.3. The molecule has 8 aliphatic carbocycles. The molecule has 0 amide bonds. The average Bonchev–Trinajstić information content (AvgIpc) is 3.59. The van der Waals surface area contributed by atoms with Gasteiger partial charge < -0.3 is 0 Å². The van der Waals surface area contributed by atoms with Crippen LogP contribution in [0.3, 0.4) is 0 Å². The Morgan fingerprint density at radius 3 is 1.24 bits per heavy atom. The molecule has 8 saturated carbocycles. The predicted octanol–water partition coefficient (Wildman–Crippen LogP) is 11.8. The van der Waals surface area contributed by atoms with Gasteiger partial charge in [0.1, 0.15) is 0 Å². The van der Waals surface area contributed by atoms with E-state index in [2.05, 4.69) is 76.2 Å². The number of benzene rings is 4. The molecule has 8 fully saturated rings. The molecule has 4 aromatic carbocycles. The van der Waals surface area contributed by atoms with E-state index in [4.69, 9.17) is 18.9 Å². The summed E-state index contributed by atoms with van der Waals surface area (Å²) < 4.78 is 27.9. The zero-order chi connectivity index (χ0) is 44.1. The van der Waals surface area contributed by atoms with Gasteiger partial charge in [-0.2, -0.15) is 0 Å². The second-order valence-corrected chi connectivity index (χ2v) is 23.0. The average molecular weight is 967 g/mol. The quantitative estimate of drug-likeness (QED) is 0.104. The van der Waals surface area contributed by atoms with Crippen LogP contribution in [0, 0.1) is 47.3 Å². The first-order valence-corrected chi connectivity index (χ1v) is 26.7. The molecule has 0 spiro atoms. The van der Waals surface area contributed by atoms with Gasteiger partial charge in [-0.05, 0) is 6.42 Å². The molecule has 63 heavy (non-hydrogen) atoms. The Bertz CT molecular complexity index is 2110. The van der Waals surface area contributed by atoms with Gasteiger partial charge in [-0.1, -0.05) is 47.0 Å². The van der Waals surface area contributed by atoms with Gasteiger partial charge in [-0.3, -0.25) is 0 Å². The third kappa shape index (κ3) is 10.1. The van der Waals surface area contributed by atoms with Crippen molar-refractivity contribution < 1.29 is 28.5 Å². The topological polar surface area (TPSA) is 71.1 Å². The molecule has 0 saturated heterocycles. The van der Waals surface area contributed by atoms with Crippen LogP contribution in [0.25, 0.3) is 22.3 Å². The van der Waals surface area contributed by atoms with Crippen molar-refractivity contribution in [1.82, 2.24) is 0 Å². The molecule has 8 bridgehead atoms. The maximum absolute atomic E-state index is 13.5. The molecule has 0 aromatic heterocycles. The largest absolute Gasteiger partial charge is 0.0656 e. The maximum Gasteiger partial charge on any atom is -0.0590 e. The summed E-state index contributed by atoms with van der Waals surface area (Å²) in [7, 11) is 0. The van der Waals surface area contributed by atoms with Crippen LogP contribution in [0.5, 0.6) is 11.5 Å². The summed E-state index contributed by atoms with van der Waals surface area (Å²) in [6.45, 7) is 12.4. The molecule has 4 aromatic rings. The van der Waals surface area contributed by atoms with Crippen molar-refractivity contribution in [3.05, 3.63) is 97.1 Å². The van der Waals surface area contributed by atoms with Gasteiger partial charge in [0.05, 0.1) is 0 Å². The van der Waals surface area contributed by atoms with Crippen LogP contribution in [-0.2, 0) is 19.1 Å². The van der Waals surface area contributed by atoms with Crippen molar-refractivity contribution in [2.24, 2.45) is 47.3 Å². The second kappa shape index (κ2) is 20.2. The van der Waals surface area contributed by atoms with E-state index in [9.17, 15) is 9.59 Å².